The zero-order valence-electron chi connectivity index (χ0n) is 17.5. The maximum atomic E-state index is 13.7. The minimum absolute atomic E-state index is 0.251. The molecule has 164 valence electrons. The van der Waals surface area contributed by atoms with Crippen LogP contribution in [0.4, 0.5) is 8.78 Å². The Kier molecular flexibility index (Phi) is 6.44. The highest BCUT2D eigenvalue weighted by molar-refractivity contribution is 6.01. The van der Waals surface area contributed by atoms with Crippen LogP contribution in [-0.4, -0.2) is 36.3 Å². The van der Waals surface area contributed by atoms with Gasteiger partial charge in [-0.2, -0.15) is 0 Å². The van der Waals surface area contributed by atoms with Gasteiger partial charge < -0.3 is 14.5 Å². The van der Waals surface area contributed by atoms with Gasteiger partial charge in [0, 0.05) is 18.5 Å². The molecule has 0 N–H and O–H groups in total. The summed E-state index contributed by atoms with van der Waals surface area (Å²) < 4.78 is 32.2. The van der Waals surface area contributed by atoms with E-state index in [1.165, 1.54) is 30.3 Å². The summed E-state index contributed by atoms with van der Waals surface area (Å²) in [5, 5.41) is 4.13. The molecule has 0 saturated carbocycles. The standard InChI is InChI=1S/C25H22F2N2O3/c1-31-22-7-2-4-17(12-22)15-29(25(30)19-5-3-6-21(27)13-19)16-23-14-24(28-32-23)18-8-10-20(26)11-9-18/h2-13,23H,14-16H2,1H3/t23-/m1/s1. The van der Waals surface area contributed by atoms with E-state index >= 15 is 0 Å². The Bertz CT molecular complexity index is 1130. The molecule has 0 aliphatic carbocycles. The van der Waals surface area contributed by atoms with Crippen molar-refractivity contribution in [1.82, 2.24) is 4.90 Å². The summed E-state index contributed by atoms with van der Waals surface area (Å²) in [4.78, 5) is 20.4. The molecular weight excluding hydrogens is 414 g/mol. The van der Waals surface area contributed by atoms with Gasteiger partial charge in [-0.1, -0.05) is 35.5 Å². The largest absolute Gasteiger partial charge is 0.497 e. The first-order chi connectivity index (χ1) is 15.5. The van der Waals surface area contributed by atoms with Crippen LogP contribution >= 0.6 is 0 Å². The first-order valence-electron chi connectivity index (χ1n) is 10.2. The molecular formula is C25H22F2N2O3. The summed E-state index contributed by atoms with van der Waals surface area (Å²) in [5.41, 5.74) is 2.58. The van der Waals surface area contributed by atoms with Crippen molar-refractivity contribution in [3.8, 4) is 5.75 Å². The summed E-state index contributed by atoms with van der Waals surface area (Å²) in [7, 11) is 1.58. The summed E-state index contributed by atoms with van der Waals surface area (Å²) in [6, 6.07) is 19.0. The number of hydrogen-bond donors (Lipinski definition) is 0. The second kappa shape index (κ2) is 9.60. The number of carbonyl (C=O) groups excluding carboxylic acids is 1. The Morgan fingerprint density at radius 3 is 2.59 bits per heavy atom. The van der Waals surface area contributed by atoms with E-state index in [2.05, 4.69) is 5.16 Å². The predicted octanol–water partition coefficient (Wildman–Crippen LogP) is 4.81. The van der Waals surface area contributed by atoms with E-state index in [9.17, 15) is 13.6 Å². The van der Waals surface area contributed by atoms with Gasteiger partial charge in [0.25, 0.3) is 5.91 Å². The highest BCUT2D eigenvalue weighted by Gasteiger charge is 2.27. The van der Waals surface area contributed by atoms with Gasteiger partial charge in [-0.15, -0.1) is 0 Å². The van der Waals surface area contributed by atoms with Gasteiger partial charge in [-0.05, 0) is 53.6 Å². The fourth-order valence-electron chi connectivity index (χ4n) is 3.60. The second-order valence-electron chi connectivity index (χ2n) is 7.52. The highest BCUT2D eigenvalue weighted by atomic mass is 19.1. The SMILES string of the molecule is COc1cccc(CN(C[C@H]2CC(c3ccc(F)cc3)=NO2)C(=O)c2cccc(F)c2)c1. The molecule has 4 rings (SSSR count). The van der Waals surface area contributed by atoms with Crippen molar-refractivity contribution < 1.29 is 23.1 Å². The monoisotopic (exact) mass is 436 g/mol. The molecule has 1 atom stereocenters. The fourth-order valence-corrected chi connectivity index (χ4v) is 3.60. The number of amides is 1. The van der Waals surface area contributed by atoms with E-state index in [1.807, 2.05) is 24.3 Å². The number of rotatable bonds is 7. The van der Waals surface area contributed by atoms with Crippen LogP contribution in [0.2, 0.25) is 0 Å². The molecule has 1 aliphatic heterocycles. The van der Waals surface area contributed by atoms with Crippen molar-refractivity contribution in [2.45, 2.75) is 19.1 Å². The molecule has 0 radical (unpaired) electrons. The number of nitrogens with zero attached hydrogens (tertiary/aromatic N) is 2. The van der Waals surface area contributed by atoms with Gasteiger partial charge >= 0.3 is 0 Å². The van der Waals surface area contributed by atoms with Crippen LogP contribution in [0.1, 0.15) is 27.9 Å². The average molecular weight is 436 g/mol. The minimum Gasteiger partial charge on any atom is -0.497 e. The summed E-state index contributed by atoms with van der Waals surface area (Å²) in [6.07, 6.45) is 0.0922. The molecule has 32 heavy (non-hydrogen) atoms. The molecule has 0 saturated heterocycles. The zero-order chi connectivity index (χ0) is 22.5. The molecule has 0 fully saturated rings. The molecule has 3 aromatic rings. The third kappa shape index (κ3) is 5.11. The van der Waals surface area contributed by atoms with Crippen LogP contribution in [-0.2, 0) is 11.4 Å². The third-order valence-electron chi connectivity index (χ3n) is 5.20. The van der Waals surface area contributed by atoms with E-state index in [0.29, 0.717) is 17.9 Å². The molecule has 0 aromatic heterocycles. The molecule has 1 heterocycles. The van der Waals surface area contributed by atoms with Gasteiger partial charge in [0.2, 0.25) is 0 Å². The maximum absolute atomic E-state index is 13.7. The lowest BCUT2D eigenvalue weighted by Crippen LogP contribution is -2.37. The summed E-state index contributed by atoms with van der Waals surface area (Å²) in [5.74, 6) is -0.433. The molecule has 1 aliphatic rings. The smallest absolute Gasteiger partial charge is 0.254 e. The number of oxime groups is 1. The van der Waals surface area contributed by atoms with E-state index in [4.69, 9.17) is 9.57 Å². The van der Waals surface area contributed by atoms with Crippen LogP contribution in [0, 0.1) is 11.6 Å². The molecule has 7 heteroatoms. The number of methoxy groups -OCH3 is 1. The predicted molar refractivity (Wildman–Crippen MR) is 117 cm³/mol. The van der Waals surface area contributed by atoms with E-state index in [1.54, 1.807) is 30.2 Å². The van der Waals surface area contributed by atoms with Gasteiger partial charge in [0.05, 0.1) is 19.4 Å². The van der Waals surface area contributed by atoms with Crippen LogP contribution in [0.5, 0.6) is 5.75 Å². The lowest BCUT2D eigenvalue weighted by atomic mass is 10.0. The van der Waals surface area contributed by atoms with Crippen molar-refractivity contribution in [1.29, 1.82) is 0 Å². The maximum Gasteiger partial charge on any atom is 0.254 e. The second-order valence-corrected chi connectivity index (χ2v) is 7.52. The molecule has 5 nitrogen and oxygen atoms in total. The Morgan fingerprint density at radius 2 is 1.84 bits per heavy atom. The van der Waals surface area contributed by atoms with Crippen molar-refractivity contribution in [2.24, 2.45) is 5.16 Å². The molecule has 3 aromatic carbocycles. The van der Waals surface area contributed by atoms with Gasteiger partial charge in [0.15, 0.2) is 6.10 Å². The fraction of sp³-hybridized carbons (Fsp3) is 0.200. The molecule has 0 bridgehead atoms. The molecule has 0 unspecified atom stereocenters. The third-order valence-corrected chi connectivity index (χ3v) is 5.20. The average Bonchev–Trinajstić information content (AvgIpc) is 3.27. The Labute approximate surface area is 184 Å². The quantitative estimate of drug-likeness (QED) is 0.534. The van der Waals surface area contributed by atoms with Crippen LogP contribution in [0.25, 0.3) is 0 Å². The van der Waals surface area contributed by atoms with Crippen LogP contribution in [0.3, 0.4) is 0 Å². The molecule has 0 spiro atoms. The van der Waals surface area contributed by atoms with Gasteiger partial charge in [-0.3, -0.25) is 4.79 Å². The van der Waals surface area contributed by atoms with Crippen molar-refractivity contribution in [3.63, 3.8) is 0 Å². The Morgan fingerprint density at radius 1 is 1.06 bits per heavy atom. The normalized spacial score (nSPS) is 15.1. The Balaban J connectivity index is 1.52. The van der Waals surface area contributed by atoms with Crippen molar-refractivity contribution in [2.75, 3.05) is 13.7 Å². The highest BCUT2D eigenvalue weighted by Crippen LogP contribution is 2.21. The number of ether oxygens (including phenoxy) is 1. The minimum atomic E-state index is -0.476. The lowest BCUT2D eigenvalue weighted by molar-refractivity contribution is 0.0405. The lowest BCUT2D eigenvalue weighted by Gasteiger charge is -2.25. The van der Waals surface area contributed by atoms with Gasteiger partial charge in [-0.25, -0.2) is 8.78 Å². The van der Waals surface area contributed by atoms with Crippen molar-refractivity contribution >= 4 is 11.6 Å². The number of carbonyl (C=O) groups is 1. The van der Waals surface area contributed by atoms with E-state index in [-0.39, 0.29) is 36.5 Å². The summed E-state index contributed by atoms with van der Waals surface area (Å²) >= 11 is 0. The first kappa shape index (κ1) is 21.5. The van der Waals surface area contributed by atoms with Crippen molar-refractivity contribution in [3.05, 3.63) is 101 Å². The van der Waals surface area contributed by atoms with E-state index < -0.39 is 5.82 Å². The number of benzene rings is 3. The molecule has 1 amide bonds. The van der Waals surface area contributed by atoms with Gasteiger partial charge in [0.1, 0.15) is 17.4 Å². The van der Waals surface area contributed by atoms with Crippen LogP contribution in [0.15, 0.2) is 78.0 Å². The van der Waals surface area contributed by atoms with E-state index in [0.717, 1.165) is 11.1 Å². The van der Waals surface area contributed by atoms with Crippen LogP contribution < -0.4 is 4.74 Å². The summed E-state index contributed by atoms with van der Waals surface area (Å²) in [6.45, 7) is 0.541. The zero-order valence-corrected chi connectivity index (χ0v) is 17.5. The topological polar surface area (TPSA) is 51.1 Å². The first-order valence-corrected chi connectivity index (χ1v) is 10.2. The number of hydrogen-bond acceptors (Lipinski definition) is 4. The number of halogens is 2. The Hall–Kier alpha value is -3.74.